The van der Waals surface area contributed by atoms with Crippen LogP contribution in [0.15, 0.2) is 36.5 Å². The fourth-order valence-corrected chi connectivity index (χ4v) is 5.68. The first-order valence-electron chi connectivity index (χ1n) is 19.0. The van der Waals surface area contributed by atoms with Crippen molar-refractivity contribution in [2.24, 2.45) is 0 Å². The Morgan fingerprint density at radius 2 is 1.10 bits per heavy atom. The molecule has 290 valence electrons. The number of esters is 1. The van der Waals surface area contributed by atoms with Gasteiger partial charge >= 0.3 is 19.8 Å². The van der Waals surface area contributed by atoms with Gasteiger partial charge in [-0.25, -0.2) is 9.36 Å². The van der Waals surface area contributed by atoms with Crippen LogP contribution in [-0.4, -0.2) is 64.9 Å². The number of rotatable bonds is 35. The van der Waals surface area contributed by atoms with Gasteiger partial charge in [-0.15, -0.1) is 0 Å². The summed E-state index contributed by atoms with van der Waals surface area (Å²) in [5.41, 5.74) is 0. The maximum Gasteiger partial charge on any atom is 0.472 e. The first-order valence-corrected chi connectivity index (χ1v) is 20.5. The molecule has 0 aromatic heterocycles. The van der Waals surface area contributed by atoms with Crippen LogP contribution < -0.4 is 5.32 Å². The molecule has 0 bridgehead atoms. The van der Waals surface area contributed by atoms with E-state index in [0.29, 0.717) is 12.8 Å². The molecule has 0 rings (SSSR count). The molecule has 0 fully saturated rings. The van der Waals surface area contributed by atoms with Crippen molar-refractivity contribution < 1.29 is 47.8 Å². The molecule has 3 atom stereocenters. The maximum absolute atomic E-state index is 12.2. The number of hydrogen-bond donors (Lipinski definition) is 4. The summed E-state index contributed by atoms with van der Waals surface area (Å²) in [5, 5.41) is 21.6. The number of carboxylic acid groups (broad SMARTS) is 1. The van der Waals surface area contributed by atoms with Gasteiger partial charge in [0.2, 0.25) is 5.91 Å². The predicted octanol–water partition coefficient (Wildman–Crippen LogP) is 8.88. The van der Waals surface area contributed by atoms with Gasteiger partial charge in [-0.3, -0.25) is 18.6 Å². The number of carbonyl (C=O) groups excluding carboxylic acids is 2. The molecule has 0 saturated heterocycles. The lowest BCUT2D eigenvalue weighted by atomic mass is 10.1. The van der Waals surface area contributed by atoms with Gasteiger partial charge in [0.15, 0.2) is 6.04 Å². The molecule has 0 aliphatic rings. The number of carbonyl (C=O) groups is 3. The average molecular weight is 730 g/mol. The van der Waals surface area contributed by atoms with E-state index in [2.05, 4.69) is 55.6 Å². The molecule has 4 N–H and O–H groups in total. The fourth-order valence-electron chi connectivity index (χ4n) is 4.91. The molecule has 0 heterocycles. The first-order chi connectivity index (χ1) is 24.1. The topological polar surface area (TPSA) is 169 Å². The molecule has 0 aromatic carbocycles. The summed E-state index contributed by atoms with van der Waals surface area (Å²) in [6, 6.07) is -1.54. The maximum atomic E-state index is 12.2. The van der Waals surface area contributed by atoms with Crippen molar-refractivity contribution in [1.82, 2.24) is 5.32 Å². The van der Waals surface area contributed by atoms with Crippen molar-refractivity contribution in [2.75, 3.05) is 19.8 Å². The van der Waals surface area contributed by atoms with Crippen molar-refractivity contribution in [3.05, 3.63) is 36.5 Å². The van der Waals surface area contributed by atoms with Gasteiger partial charge in [0.25, 0.3) is 0 Å². The summed E-state index contributed by atoms with van der Waals surface area (Å²) in [4.78, 5) is 45.5. The molecule has 50 heavy (non-hydrogen) atoms. The number of carboxylic acids is 1. The zero-order valence-electron chi connectivity index (χ0n) is 30.9. The van der Waals surface area contributed by atoms with E-state index in [0.717, 1.165) is 83.5 Å². The van der Waals surface area contributed by atoms with E-state index in [4.69, 9.17) is 13.8 Å². The highest BCUT2D eigenvalue weighted by molar-refractivity contribution is 7.47. The van der Waals surface area contributed by atoms with Crippen LogP contribution in [0.2, 0.25) is 0 Å². The van der Waals surface area contributed by atoms with Gasteiger partial charge in [0.1, 0.15) is 12.7 Å². The molecule has 11 nitrogen and oxygen atoms in total. The summed E-state index contributed by atoms with van der Waals surface area (Å²) in [6.45, 7) is 2.46. The quantitative estimate of drug-likeness (QED) is 0.0214. The SMILES string of the molecule is CCCCC/C=C\C/C=C\C/C=C\CCCCCCCCC(=O)OCC(O)COP(=O)(O)OCC(NC(=O)CCCCCCCCC)C(=O)O. The largest absolute Gasteiger partial charge is 0.480 e. The van der Waals surface area contributed by atoms with Crippen LogP contribution in [0.4, 0.5) is 0 Å². The highest BCUT2D eigenvalue weighted by Crippen LogP contribution is 2.43. The third-order valence-electron chi connectivity index (χ3n) is 7.93. The number of unbranched alkanes of at least 4 members (excludes halogenated alkanes) is 15. The smallest absolute Gasteiger partial charge is 0.472 e. The van der Waals surface area contributed by atoms with Gasteiger partial charge < -0.3 is 25.2 Å². The van der Waals surface area contributed by atoms with Crippen LogP contribution in [0, 0.1) is 0 Å². The summed E-state index contributed by atoms with van der Waals surface area (Å²) in [6.07, 6.45) is 33.5. The van der Waals surface area contributed by atoms with Crippen LogP contribution in [0.5, 0.6) is 0 Å². The van der Waals surface area contributed by atoms with Crippen molar-refractivity contribution in [3.8, 4) is 0 Å². The summed E-state index contributed by atoms with van der Waals surface area (Å²) in [5.74, 6) is -2.40. The lowest BCUT2D eigenvalue weighted by molar-refractivity contribution is -0.147. The summed E-state index contributed by atoms with van der Waals surface area (Å²) in [7, 11) is -4.74. The molecule has 0 aromatic rings. The Balaban J connectivity index is 3.91. The van der Waals surface area contributed by atoms with Crippen molar-refractivity contribution in [2.45, 2.75) is 167 Å². The van der Waals surface area contributed by atoms with E-state index in [-0.39, 0.29) is 12.8 Å². The number of nitrogens with one attached hydrogen (secondary N) is 1. The zero-order valence-corrected chi connectivity index (χ0v) is 31.8. The Kier molecular flexibility index (Phi) is 32.3. The van der Waals surface area contributed by atoms with Crippen molar-refractivity contribution >= 4 is 25.7 Å². The summed E-state index contributed by atoms with van der Waals surface area (Å²) < 4.78 is 26.6. The third kappa shape index (κ3) is 32.9. The van der Waals surface area contributed by atoms with Crippen LogP contribution in [0.1, 0.15) is 155 Å². The molecule has 12 heteroatoms. The van der Waals surface area contributed by atoms with Gasteiger partial charge in [-0.05, 0) is 51.4 Å². The Hall–Kier alpha value is -2.30. The second kappa shape index (κ2) is 33.8. The number of ether oxygens (including phenoxy) is 1. The molecule has 0 saturated carbocycles. The van der Waals surface area contributed by atoms with E-state index in [1.165, 1.54) is 32.1 Å². The van der Waals surface area contributed by atoms with Gasteiger partial charge in [0.05, 0.1) is 13.2 Å². The minimum Gasteiger partial charge on any atom is -0.480 e. The molecule has 0 aliphatic carbocycles. The number of aliphatic hydroxyl groups is 1. The lowest BCUT2D eigenvalue weighted by Gasteiger charge is -2.18. The van der Waals surface area contributed by atoms with E-state index < -0.39 is 57.6 Å². The van der Waals surface area contributed by atoms with Crippen molar-refractivity contribution in [1.29, 1.82) is 0 Å². The molecule has 0 spiro atoms. The van der Waals surface area contributed by atoms with E-state index in [1.807, 2.05) is 0 Å². The molecule has 0 aliphatic heterocycles. The molecule has 3 unspecified atom stereocenters. The number of amides is 1. The monoisotopic (exact) mass is 729 g/mol. The first kappa shape index (κ1) is 47.7. The fraction of sp³-hybridized carbons (Fsp3) is 0.763. The normalized spacial score (nSPS) is 14.3. The highest BCUT2D eigenvalue weighted by atomic mass is 31.2. The van der Waals surface area contributed by atoms with Crippen molar-refractivity contribution in [3.63, 3.8) is 0 Å². The van der Waals surface area contributed by atoms with E-state index in [1.54, 1.807) is 0 Å². The standard InChI is InChI=1S/C38H68NO10P/c1-3-5-7-9-11-12-13-14-15-16-17-18-19-20-21-22-24-26-28-30-37(42)47-31-34(40)32-48-50(45,46)49-33-35(38(43)44)39-36(41)29-27-25-23-10-8-6-4-2/h11-12,14-15,17-18,34-35,40H,3-10,13,16,19-33H2,1-2H3,(H,39,41)(H,43,44)(H,45,46)/b12-11-,15-14-,18-17-. The van der Waals surface area contributed by atoms with Crippen LogP contribution in [0.3, 0.4) is 0 Å². The van der Waals surface area contributed by atoms with E-state index >= 15 is 0 Å². The van der Waals surface area contributed by atoms with Gasteiger partial charge in [0, 0.05) is 12.8 Å². The number of aliphatic hydroxyl groups excluding tert-OH is 1. The second-order valence-electron chi connectivity index (χ2n) is 12.8. The van der Waals surface area contributed by atoms with Crippen LogP contribution >= 0.6 is 7.82 Å². The average Bonchev–Trinajstić information content (AvgIpc) is 3.08. The minimum absolute atomic E-state index is 0.143. The number of phosphoric ester groups is 1. The third-order valence-corrected chi connectivity index (χ3v) is 8.88. The highest BCUT2D eigenvalue weighted by Gasteiger charge is 2.28. The molecule has 0 radical (unpaired) electrons. The summed E-state index contributed by atoms with van der Waals surface area (Å²) >= 11 is 0. The van der Waals surface area contributed by atoms with Crippen LogP contribution in [0.25, 0.3) is 0 Å². The molecular formula is C38H68NO10P. The molecule has 1 amide bonds. The van der Waals surface area contributed by atoms with Crippen LogP contribution in [-0.2, 0) is 32.7 Å². The lowest BCUT2D eigenvalue weighted by Crippen LogP contribution is -2.43. The number of allylic oxidation sites excluding steroid dienone is 6. The zero-order chi connectivity index (χ0) is 37.1. The minimum atomic E-state index is -4.74. The Labute approximate surface area is 301 Å². The number of aliphatic carboxylic acids is 1. The van der Waals surface area contributed by atoms with Gasteiger partial charge in [-0.1, -0.05) is 127 Å². The molecular weight excluding hydrogens is 661 g/mol. The van der Waals surface area contributed by atoms with E-state index in [9.17, 15) is 34.1 Å². The predicted molar refractivity (Wildman–Crippen MR) is 199 cm³/mol. The Bertz CT molecular complexity index is 1000. The number of hydrogen-bond acceptors (Lipinski definition) is 8. The Morgan fingerprint density at radius 3 is 1.68 bits per heavy atom. The Morgan fingerprint density at radius 1 is 0.640 bits per heavy atom. The van der Waals surface area contributed by atoms with Gasteiger partial charge in [-0.2, -0.15) is 0 Å². The second-order valence-corrected chi connectivity index (χ2v) is 14.2. The number of phosphoric acid groups is 1.